The van der Waals surface area contributed by atoms with Crippen LogP contribution in [-0.4, -0.2) is 50.7 Å². The van der Waals surface area contributed by atoms with Crippen molar-refractivity contribution in [2.24, 2.45) is 0 Å². The molecule has 0 aromatic rings. The summed E-state index contributed by atoms with van der Waals surface area (Å²) in [5.74, 6) is 0. The van der Waals surface area contributed by atoms with Gasteiger partial charge in [0.2, 0.25) is 0 Å². The minimum atomic E-state index is -4.02. The minimum absolute atomic E-state index is 0.00242. The van der Waals surface area contributed by atoms with E-state index in [4.69, 9.17) is 18.5 Å². The number of phosphoric ester groups is 1. The number of likely N-dealkylation sites (N-methyl/N-ethyl adjacent to an activating group) is 1. The Morgan fingerprint density at radius 1 is 0.933 bits per heavy atom. The first-order valence-electron chi connectivity index (χ1n) is 12.1. The van der Waals surface area contributed by atoms with Crippen molar-refractivity contribution in [1.82, 2.24) is 5.32 Å². The molecule has 1 heterocycles. The Labute approximate surface area is 184 Å². The molecule has 1 aliphatic rings. The predicted molar refractivity (Wildman–Crippen MR) is 121 cm³/mol. The number of hydrogen-bond acceptors (Lipinski definition) is 6. The van der Waals surface area contributed by atoms with E-state index >= 15 is 0 Å². The maximum Gasteiger partial charge on any atom is 0.472 e. The highest BCUT2D eigenvalue weighted by Crippen LogP contribution is 2.43. The van der Waals surface area contributed by atoms with E-state index in [0.29, 0.717) is 13.2 Å². The van der Waals surface area contributed by atoms with Gasteiger partial charge in [-0.3, -0.25) is 9.05 Å². The van der Waals surface area contributed by atoms with Gasteiger partial charge in [0.25, 0.3) is 0 Å². The molecule has 8 heteroatoms. The molecule has 0 saturated carbocycles. The molecule has 0 aromatic carbocycles. The van der Waals surface area contributed by atoms with Gasteiger partial charge in [-0.1, -0.05) is 84.0 Å². The van der Waals surface area contributed by atoms with Crippen molar-refractivity contribution in [2.45, 2.75) is 109 Å². The number of nitrogens with one attached hydrogen (secondary N) is 1. The van der Waals surface area contributed by atoms with Crippen LogP contribution < -0.4 is 5.32 Å². The predicted octanol–water partition coefficient (Wildman–Crippen LogP) is 5.56. The summed E-state index contributed by atoms with van der Waals surface area (Å²) in [6, 6.07) is 0. The van der Waals surface area contributed by atoms with Crippen LogP contribution in [0.25, 0.3) is 0 Å². The Morgan fingerprint density at radius 3 is 2.07 bits per heavy atom. The lowest BCUT2D eigenvalue weighted by Gasteiger charge is -2.15. The van der Waals surface area contributed by atoms with Crippen molar-refractivity contribution >= 4 is 7.82 Å². The third-order valence-corrected chi connectivity index (χ3v) is 6.37. The van der Waals surface area contributed by atoms with Crippen molar-refractivity contribution in [2.75, 3.05) is 33.4 Å². The largest absolute Gasteiger partial charge is 0.472 e. The minimum Gasteiger partial charge on any atom is -0.350 e. The molecule has 1 fully saturated rings. The quantitative estimate of drug-likeness (QED) is 0.174. The van der Waals surface area contributed by atoms with Crippen molar-refractivity contribution < 1.29 is 28.0 Å². The second kappa shape index (κ2) is 18.6. The molecule has 0 aliphatic carbocycles. The summed E-state index contributed by atoms with van der Waals surface area (Å²) >= 11 is 0. The third kappa shape index (κ3) is 15.7. The molecule has 1 aliphatic heterocycles. The smallest absolute Gasteiger partial charge is 0.350 e. The van der Waals surface area contributed by atoms with E-state index in [1.807, 2.05) is 0 Å². The molecule has 0 spiro atoms. The maximum atomic E-state index is 11.7. The van der Waals surface area contributed by atoms with Crippen LogP contribution in [0, 0.1) is 0 Å². The monoisotopic (exact) mass is 451 g/mol. The fourth-order valence-corrected chi connectivity index (χ4v) is 4.30. The van der Waals surface area contributed by atoms with Gasteiger partial charge in [-0.2, -0.15) is 0 Å². The summed E-state index contributed by atoms with van der Waals surface area (Å²) in [7, 11) is -2.28. The van der Waals surface area contributed by atoms with Gasteiger partial charge in [-0.25, -0.2) is 4.57 Å². The fraction of sp³-hybridized carbons (Fsp3) is 1.00. The van der Waals surface area contributed by atoms with Gasteiger partial charge in [0, 0.05) is 6.54 Å². The van der Waals surface area contributed by atoms with Crippen LogP contribution in [0.4, 0.5) is 0 Å². The Hall–Kier alpha value is -0.0100. The van der Waals surface area contributed by atoms with Crippen molar-refractivity contribution in [3.63, 3.8) is 0 Å². The molecule has 0 amide bonds. The normalized spacial score (nSPS) is 21.2. The number of rotatable bonds is 21. The molecular formula is C22H46NO6P. The summed E-state index contributed by atoms with van der Waals surface area (Å²) in [5.41, 5.74) is 0. The number of hydrogen-bond donors (Lipinski definition) is 2. The van der Waals surface area contributed by atoms with Crippen molar-refractivity contribution in [3.05, 3.63) is 0 Å². The highest BCUT2D eigenvalue weighted by Gasteiger charge is 2.29. The SMILES string of the molecule is CCCCCCCCCCCCCCC[C@@H]1OC[C@H](COP(=O)(O)OCCNC)O1. The van der Waals surface area contributed by atoms with Gasteiger partial charge < -0.3 is 19.7 Å². The lowest BCUT2D eigenvalue weighted by atomic mass is 10.0. The molecule has 0 aromatic heterocycles. The molecular weight excluding hydrogens is 405 g/mol. The molecule has 1 rings (SSSR count). The Morgan fingerprint density at radius 2 is 1.50 bits per heavy atom. The molecule has 3 atom stereocenters. The molecule has 30 heavy (non-hydrogen) atoms. The van der Waals surface area contributed by atoms with Crippen molar-refractivity contribution in [1.29, 1.82) is 0 Å². The highest BCUT2D eigenvalue weighted by atomic mass is 31.2. The average molecular weight is 452 g/mol. The Kier molecular flexibility index (Phi) is 17.3. The van der Waals surface area contributed by atoms with Crippen LogP contribution in [0.1, 0.15) is 96.8 Å². The lowest BCUT2D eigenvalue weighted by molar-refractivity contribution is -0.0701. The van der Waals surface area contributed by atoms with Crippen molar-refractivity contribution in [3.8, 4) is 0 Å². The van der Waals surface area contributed by atoms with Gasteiger partial charge >= 0.3 is 7.82 Å². The van der Waals surface area contributed by atoms with Crippen LogP contribution in [0.15, 0.2) is 0 Å². The van der Waals surface area contributed by atoms with E-state index in [9.17, 15) is 9.46 Å². The first kappa shape index (κ1) is 28.0. The zero-order chi connectivity index (χ0) is 21.9. The van der Waals surface area contributed by atoms with E-state index in [-0.39, 0.29) is 25.6 Å². The number of phosphoric acid groups is 1. The molecule has 180 valence electrons. The maximum absolute atomic E-state index is 11.7. The highest BCUT2D eigenvalue weighted by molar-refractivity contribution is 7.47. The molecule has 1 saturated heterocycles. The average Bonchev–Trinajstić information content (AvgIpc) is 3.18. The topological polar surface area (TPSA) is 86.3 Å². The van der Waals surface area contributed by atoms with E-state index in [0.717, 1.165) is 12.8 Å². The summed E-state index contributed by atoms with van der Waals surface area (Å²) in [4.78, 5) is 9.59. The van der Waals surface area contributed by atoms with Crippen LogP contribution in [0.5, 0.6) is 0 Å². The third-order valence-electron chi connectivity index (χ3n) is 5.39. The van der Waals surface area contributed by atoms with E-state index < -0.39 is 7.82 Å². The zero-order valence-electron chi connectivity index (χ0n) is 19.3. The molecule has 1 unspecified atom stereocenters. The molecule has 0 radical (unpaired) electrons. The van der Waals surface area contributed by atoms with Crippen LogP contribution in [0.2, 0.25) is 0 Å². The van der Waals surface area contributed by atoms with E-state index in [1.54, 1.807) is 7.05 Å². The number of ether oxygens (including phenoxy) is 2. The van der Waals surface area contributed by atoms with Gasteiger partial charge in [-0.15, -0.1) is 0 Å². The van der Waals surface area contributed by atoms with Gasteiger partial charge in [0.15, 0.2) is 6.29 Å². The van der Waals surface area contributed by atoms with Crippen LogP contribution >= 0.6 is 7.82 Å². The van der Waals surface area contributed by atoms with E-state index in [1.165, 1.54) is 77.0 Å². The van der Waals surface area contributed by atoms with E-state index in [2.05, 4.69) is 12.2 Å². The second-order valence-corrected chi connectivity index (χ2v) is 9.71. The van der Waals surface area contributed by atoms with Gasteiger partial charge in [-0.05, 0) is 19.9 Å². The summed E-state index contributed by atoms with van der Waals surface area (Å²) in [6.07, 6.45) is 17.7. The number of unbranched alkanes of at least 4 members (excludes halogenated alkanes) is 12. The summed E-state index contributed by atoms with van der Waals surface area (Å²) < 4.78 is 32.9. The molecule has 2 N–H and O–H groups in total. The van der Waals surface area contributed by atoms with Gasteiger partial charge in [0.05, 0.1) is 19.8 Å². The molecule has 0 bridgehead atoms. The zero-order valence-corrected chi connectivity index (χ0v) is 20.2. The molecule has 7 nitrogen and oxygen atoms in total. The Balaban J connectivity index is 1.89. The first-order valence-corrected chi connectivity index (χ1v) is 13.6. The van der Waals surface area contributed by atoms with Crippen LogP contribution in [-0.2, 0) is 23.1 Å². The van der Waals surface area contributed by atoms with Gasteiger partial charge in [0.1, 0.15) is 6.10 Å². The fourth-order valence-electron chi connectivity index (χ4n) is 3.55. The Bertz CT molecular complexity index is 440. The summed E-state index contributed by atoms with van der Waals surface area (Å²) in [6.45, 7) is 3.26. The lowest BCUT2D eigenvalue weighted by Crippen LogP contribution is -2.19. The first-order chi connectivity index (χ1) is 14.6. The summed E-state index contributed by atoms with van der Waals surface area (Å²) in [5, 5.41) is 2.84. The van der Waals surface area contributed by atoms with Crippen LogP contribution in [0.3, 0.4) is 0 Å². The standard InChI is InChI=1S/C22H46NO6P/c1-3-4-5-6-7-8-9-10-11-12-13-14-15-16-22-26-19-21(29-22)20-28-30(24,25)27-18-17-23-2/h21-23H,3-20H2,1-2H3,(H,24,25)/t21-,22-/m1/s1. The second-order valence-electron chi connectivity index (χ2n) is 8.25.